The highest BCUT2D eigenvalue weighted by Crippen LogP contribution is 2.29. The number of hydrogen-bond acceptors (Lipinski definition) is 3. The van der Waals surface area contributed by atoms with Crippen LogP contribution in [-0.4, -0.2) is 22.5 Å². The monoisotopic (exact) mass is 298 g/mol. The summed E-state index contributed by atoms with van der Waals surface area (Å²) in [5.74, 6) is -0.940. The van der Waals surface area contributed by atoms with Gasteiger partial charge in [-0.15, -0.1) is 0 Å². The van der Waals surface area contributed by atoms with Crippen molar-refractivity contribution in [1.82, 2.24) is 0 Å². The molecule has 114 valence electrons. The number of carbonyl (C=O) groups excluding carboxylic acids is 1. The smallest absolute Gasteiger partial charge is 0.347 e. The fraction of sp³-hybridized carbons (Fsp3) is 0.222. The molecule has 0 aliphatic heterocycles. The Morgan fingerprint density at radius 1 is 0.955 bits per heavy atom. The second-order valence-corrected chi connectivity index (χ2v) is 5.55. The van der Waals surface area contributed by atoms with Crippen molar-refractivity contribution in [2.24, 2.45) is 0 Å². The molecule has 0 amide bonds. The molecule has 2 aliphatic carbocycles. The summed E-state index contributed by atoms with van der Waals surface area (Å²) in [6, 6.07) is 15.1. The highest BCUT2D eigenvalue weighted by atomic mass is 16.5. The normalized spacial score (nSPS) is 11.0. The lowest BCUT2D eigenvalue weighted by Crippen LogP contribution is -2.38. The van der Waals surface area contributed by atoms with E-state index in [1.165, 1.54) is 31.9 Å². The summed E-state index contributed by atoms with van der Waals surface area (Å²) in [5.41, 5.74) is 1.88. The first kappa shape index (κ1) is 15.8. The van der Waals surface area contributed by atoms with Crippen LogP contribution in [0.4, 0.5) is 0 Å². The van der Waals surface area contributed by atoms with Crippen LogP contribution in [0.3, 0.4) is 0 Å². The fourth-order valence-corrected chi connectivity index (χ4v) is 1.83. The van der Waals surface area contributed by atoms with Gasteiger partial charge >= 0.3 is 5.97 Å². The standard InChI is InChI=1S/C12H14O4.C6H4/c1-8(13)9-6-4-5-7-10(9)16-12(2,3)11(14)15;1-2-6-4-3-5(1)6/h4-7H,1-3H3,(H,14,15);1-4H. The third-order valence-corrected chi connectivity index (χ3v) is 3.36. The van der Waals surface area contributed by atoms with Crippen LogP contribution >= 0.6 is 0 Å². The molecule has 1 N–H and O–H groups in total. The lowest BCUT2D eigenvalue weighted by atomic mass is 9.95. The van der Waals surface area contributed by atoms with Crippen LogP contribution < -0.4 is 4.74 Å². The number of benzene rings is 2. The van der Waals surface area contributed by atoms with Crippen LogP contribution in [0.5, 0.6) is 5.75 Å². The van der Waals surface area contributed by atoms with E-state index in [-0.39, 0.29) is 5.78 Å². The molecule has 3 rings (SSSR count). The Kier molecular flexibility index (Phi) is 4.31. The van der Waals surface area contributed by atoms with Crippen molar-refractivity contribution in [3.05, 3.63) is 54.1 Å². The third-order valence-electron chi connectivity index (χ3n) is 3.36. The van der Waals surface area contributed by atoms with Gasteiger partial charge < -0.3 is 9.84 Å². The molecule has 0 heterocycles. The van der Waals surface area contributed by atoms with Crippen LogP contribution in [0, 0.1) is 0 Å². The van der Waals surface area contributed by atoms with E-state index >= 15 is 0 Å². The Hall–Kier alpha value is -2.62. The Morgan fingerprint density at radius 3 is 1.82 bits per heavy atom. The maximum atomic E-state index is 11.3. The minimum atomic E-state index is -1.36. The van der Waals surface area contributed by atoms with Crippen LogP contribution in [0.15, 0.2) is 48.5 Å². The number of fused-ring (bicyclic) bond motifs is 1. The van der Waals surface area contributed by atoms with E-state index in [4.69, 9.17) is 9.84 Å². The molecule has 0 aromatic heterocycles. The van der Waals surface area contributed by atoms with Crippen molar-refractivity contribution >= 4 is 11.8 Å². The summed E-state index contributed by atoms with van der Waals surface area (Å²) < 4.78 is 5.34. The highest BCUT2D eigenvalue weighted by Gasteiger charge is 2.30. The molecule has 0 saturated carbocycles. The zero-order valence-electron chi connectivity index (χ0n) is 12.8. The van der Waals surface area contributed by atoms with E-state index in [2.05, 4.69) is 24.3 Å². The van der Waals surface area contributed by atoms with Crippen molar-refractivity contribution in [3.63, 3.8) is 0 Å². The van der Waals surface area contributed by atoms with Gasteiger partial charge in [-0.2, -0.15) is 0 Å². The molecule has 0 spiro atoms. The molecule has 1 aromatic carbocycles. The molecule has 0 fully saturated rings. The number of carbonyl (C=O) groups is 2. The number of carboxylic acid groups (broad SMARTS) is 1. The van der Waals surface area contributed by atoms with Crippen LogP contribution in [0.1, 0.15) is 31.1 Å². The number of rotatable bonds is 4. The van der Waals surface area contributed by atoms with E-state index < -0.39 is 11.6 Å². The maximum absolute atomic E-state index is 11.3. The minimum Gasteiger partial charge on any atom is -0.478 e. The van der Waals surface area contributed by atoms with Gasteiger partial charge in [-0.25, -0.2) is 4.79 Å². The summed E-state index contributed by atoms with van der Waals surface area (Å²) in [6.07, 6.45) is 0. The zero-order valence-corrected chi connectivity index (χ0v) is 12.8. The lowest BCUT2D eigenvalue weighted by Gasteiger charge is -2.22. The summed E-state index contributed by atoms with van der Waals surface area (Å²) in [6.45, 7) is 4.29. The van der Waals surface area contributed by atoms with Gasteiger partial charge in [-0.3, -0.25) is 4.79 Å². The van der Waals surface area contributed by atoms with Gasteiger partial charge in [0.15, 0.2) is 11.4 Å². The van der Waals surface area contributed by atoms with Crippen molar-refractivity contribution in [3.8, 4) is 16.9 Å². The summed E-state index contributed by atoms with van der Waals surface area (Å²) in [7, 11) is 0. The largest absolute Gasteiger partial charge is 0.478 e. The summed E-state index contributed by atoms with van der Waals surface area (Å²) in [4.78, 5) is 22.2. The Morgan fingerprint density at radius 2 is 1.45 bits per heavy atom. The predicted octanol–water partition coefficient (Wildman–Crippen LogP) is 3.80. The molecule has 0 atom stereocenters. The summed E-state index contributed by atoms with van der Waals surface area (Å²) in [5, 5.41) is 8.92. The van der Waals surface area contributed by atoms with Crippen molar-refractivity contribution in [2.45, 2.75) is 26.4 Å². The van der Waals surface area contributed by atoms with E-state index in [1.54, 1.807) is 24.3 Å². The molecule has 1 aromatic rings. The average molecular weight is 298 g/mol. The van der Waals surface area contributed by atoms with Crippen LogP contribution in [0.25, 0.3) is 11.1 Å². The molecule has 0 bridgehead atoms. The number of para-hydroxylation sites is 1. The van der Waals surface area contributed by atoms with Crippen molar-refractivity contribution < 1.29 is 19.4 Å². The molecule has 0 unspecified atom stereocenters. The molecular formula is C18H18O4. The Bertz CT molecular complexity index is 678. The number of carboxylic acids is 1. The van der Waals surface area contributed by atoms with Gasteiger partial charge in [-0.1, -0.05) is 36.4 Å². The van der Waals surface area contributed by atoms with E-state index in [1.807, 2.05) is 0 Å². The Labute approximate surface area is 129 Å². The molecule has 4 nitrogen and oxygen atoms in total. The number of hydrogen-bond donors (Lipinski definition) is 1. The quantitative estimate of drug-likeness (QED) is 0.744. The number of ether oxygens (including phenoxy) is 1. The number of Topliss-reactive ketones (excluding diaryl/α,β-unsaturated/α-hetero) is 1. The molecule has 2 aliphatic rings. The van der Waals surface area contributed by atoms with E-state index in [0.29, 0.717) is 11.3 Å². The fourth-order valence-electron chi connectivity index (χ4n) is 1.83. The van der Waals surface area contributed by atoms with Gasteiger partial charge in [0.25, 0.3) is 0 Å². The third kappa shape index (κ3) is 3.34. The molecular weight excluding hydrogens is 280 g/mol. The number of ketones is 1. The first-order valence-corrected chi connectivity index (χ1v) is 6.94. The molecule has 0 radical (unpaired) electrons. The molecule has 0 saturated heterocycles. The van der Waals surface area contributed by atoms with Crippen LogP contribution in [0.2, 0.25) is 0 Å². The lowest BCUT2D eigenvalue weighted by molar-refractivity contribution is -0.152. The number of aliphatic carboxylic acids is 1. The average Bonchev–Trinajstić information content (AvgIpc) is 2.43. The van der Waals surface area contributed by atoms with Crippen molar-refractivity contribution in [2.75, 3.05) is 0 Å². The Balaban J connectivity index is 0.000000238. The van der Waals surface area contributed by atoms with Crippen LogP contribution in [-0.2, 0) is 4.79 Å². The highest BCUT2D eigenvalue weighted by molar-refractivity contribution is 5.96. The van der Waals surface area contributed by atoms with E-state index in [9.17, 15) is 9.59 Å². The second-order valence-electron chi connectivity index (χ2n) is 5.55. The molecule has 4 heteroatoms. The molecule has 22 heavy (non-hydrogen) atoms. The first-order valence-electron chi connectivity index (χ1n) is 6.94. The van der Waals surface area contributed by atoms with Crippen molar-refractivity contribution in [1.29, 1.82) is 0 Å². The van der Waals surface area contributed by atoms with Gasteiger partial charge in [-0.05, 0) is 44.0 Å². The zero-order chi connectivity index (χ0) is 16.3. The second kappa shape index (κ2) is 6.02. The van der Waals surface area contributed by atoms with Gasteiger partial charge in [0.2, 0.25) is 0 Å². The van der Waals surface area contributed by atoms with E-state index in [0.717, 1.165) is 0 Å². The summed E-state index contributed by atoms with van der Waals surface area (Å²) >= 11 is 0. The van der Waals surface area contributed by atoms with Gasteiger partial charge in [0, 0.05) is 0 Å². The predicted molar refractivity (Wildman–Crippen MR) is 84.2 cm³/mol. The maximum Gasteiger partial charge on any atom is 0.347 e. The first-order chi connectivity index (χ1) is 10.3. The van der Waals surface area contributed by atoms with Gasteiger partial charge in [0.1, 0.15) is 5.75 Å². The van der Waals surface area contributed by atoms with Gasteiger partial charge in [0.05, 0.1) is 5.56 Å². The SMILES string of the molecule is CC(=O)c1ccccc1OC(C)(C)C(=O)O.c1cc2ccc1-2. The topological polar surface area (TPSA) is 63.6 Å². The minimum absolute atomic E-state index is 0.156.